The maximum absolute atomic E-state index is 12.5. The van der Waals surface area contributed by atoms with Gasteiger partial charge in [0.2, 0.25) is 0 Å². The highest BCUT2D eigenvalue weighted by Gasteiger charge is 2.26. The topological polar surface area (TPSA) is 85.0 Å². The number of hydrogen-bond acceptors (Lipinski definition) is 6. The van der Waals surface area contributed by atoms with Crippen molar-refractivity contribution in [2.24, 2.45) is 5.92 Å². The van der Waals surface area contributed by atoms with Crippen LogP contribution in [0.3, 0.4) is 0 Å². The number of piperidine rings is 1. The maximum atomic E-state index is 12.5. The minimum atomic E-state index is -0.192. The van der Waals surface area contributed by atoms with Crippen LogP contribution in [0.1, 0.15) is 29.1 Å². The Morgan fingerprint density at radius 2 is 2.27 bits per heavy atom. The summed E-state index contributed by atoms with van der Waals surface area (Å²) >= 11 is 5.92. The molecule has 1 aliphatic rings. The summed E-state index contributed by atoms with van der Waals surface area (Å²) in [6.07, 6.45) is 1.81. The van der Waals surface area contributed by atoms with E-state index in [1.807, 2.05) is 0 Å². The van der Waals surface area contributed by atoms with Gasteiger partial charge in [-0.05, 0) is 30.9 Å². The van der Waals surface area contributed by atoms with Gasteiger partial charge in [0.1, 0.15) is 6.61 Å². The van der Waals surface area contributed by atoms with Crippen LogP contribution in [0.25, 0.3) is 0 Å². The van der Waals surface area contributed by atoms with Gasteiger partial charge in [-0.3, -0.25) is 4.79 Å². The largest absolute Gasteiger partial charge is 0.493 e. The first-order valence-corrected chi connectivity index (χ1v) is 8.80. The number of amides is 1. The number of aliphatic hydroxyl groups excluding tert-OH is 1. The molecule has 1 aromatic heterocycles. The van der Waals surface area contributed by atoms with E-state index in [0.717, 1.165) is 12.8 Å². The van der Waals surface area contributed by atoms with Crippen LogP contribution in [-0.2, 0) is 6.61 Å². The number of carbonyl (C=O) groups is 1. The third kappa shape index (κ3) is 4.28. The van der Waals surface area contributed by atoms with Crippen LogP contribution in [0.15, 0.2) is 28.8 Å². The SMILES string of the molecule is COc1cc(Cl)ccc1OCc1cc(C(=O)N2CCCC(CO)C2)no1. The molecule has 1 unspecified atom stereocenters. The van der Waals surface area contributed by atoms with Crippen molar-refractivity contribution in [3.63, 3.8) is 0 Å². The number of aromatic nitrogens is 1. The molecular formula is C18H21ClN2O5. The molecular weight excluding hydrogens is 360 g/mol. The molecule has 7 nitrogen and oxygen atoms in total. The summed E-state index contributed by atoms with van der Waals surface area (Å²) in [5.41, 5.74) is 0.241. The average molecular weight is 381 g/mol. The van der Waals surface area contributed by atoms with Crippen LogP contribution in [0, 0.1) is 5.92 Å². The summed E-state index contributed by atoms with van der Waals surface area (Å²) in [5, 5.41) is 13.7. The molecule has 1 atom stereocenters. The number of aliphatic hydroxyl groups is 1. The molecule has 3 rings (SSSR count). The molecule has 1 aliphatic heterocycles. The number of rotatable bonds is 6. The molecule has 2 heterocycles. The van der Waals surface area contributed by atoms with Crippen molar-refractivity contribution in [3.05, 3.63) is 40.7 Å². The molecule has 1 amide bonds. The molecule has 1 aromatic carbocycles. The molecule has 0 bridgehead atoms. The summed E-state index contributed by atoms with van der Waals surface area (Å²) in [6, 6.07) is 6.63. The Morgan fingerprint density at radius 1 is 1.42 bits per heavy atom. The molecule has 0 spiro atoms. The first-order valence-electron chi connectivity index (χ1n) is 8.42. The minimum Gasteiger partial charge on any atom is -0.493 e. The van der Waals surface area contributed by atoms with Gasteiger partial charge in [-0.25, -0.2) is 0 Å². The van der Waals surface area contributed by atoms with E-state index in [1.54, 1.807) is 29.2 Å². The molecule has 1 saturated heterocycles. The number of hydrogen-bond donors (Lipinski definition) is 1. The second-order valence-electron chi connectivity index (χ2n) is 6.20. The zero-order chi connectivity index (χ0) is 18.5. The van der Waals surface area contributed by atoms with Gasteiger partial charge in [0, 0.05) is 36.9 Å². The van der Waals surface area contributed by atoms with Gasteiger partial charge >= 0.3 is 0 Å². The van der Waals surface area contributed by atoms with Crippen molar-refractivity contribution < 1.29 is 23.9 Å². The highest BCUT2D eigenvalue weighted by molar-refractivity contribution is 6.30. The summed E-state index contributed by atoms with van der Waals surface area (Å²) in [5.74, 6) is 1.39. The third-order valence-corrected chi connectivity index (χ3v) is 4.57. The van der Waals surface area contributed by atoms with Gasteiger partial charge in [-0.15, -0.1) is 0 Å². The highest BCUT2D eigenvalue weighted by atomic mass is 35.5. The Morgan fingerprint density at radius 3 is 3.04 bits per heavy atom. The lowest BCUT2D eigenvalue weighted by Crippen LogP contribution is -2.41. The third-order valence-electron chi connectivity index (χ3n) is 4.34. The lowest BCUT2D eigenvalue weighted by molar-refractivity contribution is 0.0610. The van der Waals surface area contributed by atoms with E-state index >= 15 is 0 Å². The Balaban J connectivity index is 1.62. The Bertz CT molecular complexity index is 764. The van der Waals surface area contributed by atoms with E-state index in [0.29, 0.717) is 35.4 Å². The molecule has 0 radical (unpaired) electrons. The number of ether oxygens (including phenoxy) is 2. The van der Waals surface area contributed by atoms with E-state index in [2.05, 4.69) is 5.16 Å². The molecule has 1 N–H and O–H groups in total. The van der Waals surface area contributed by atoms with Gasteiger partial charge in [0.25, 0.3) is 5.91 Å². The molecule has 2 aromatic rings. The summed E-state index contributed by atoms with van der Waals surface area (Å²) in [7, 11) is 1.53. The lowest BCUT2D eigenvalue weighted by Gasteiger charge is -2.31. The Hall–Kier alpha value is -2.25. The van der Waals surface area contributed by atoms with E-state index < -0.39 is 0 Å². The van der Waals surface area contributed by atoms with Crippen molar-refractivity contribution in [3.8, 4) is 11.5 Å². The van der Waals surface area contributed by atoms with Crippen LogP contribution in [0.2, 0.25) is 5.02 Å². The highest BCUT2D eigenvalue weighted by Crippen LogP contribution is 2.30. The number of carbonyl (C=O) groups excluding carboxylic acids is 1. The van der Waals surface area contributed by atoms with E-state index in [4.69, 9.17) is 25.6 Å². The summed E-state index contributed by atoms with van der Waals surface area (Å²) in [4.78, 5) is 14.2. The molecule has 0 saturated carbocycles. The summed E-state index contributed by atoms with van der Waals surface area (Å²) in [6.45, 7) is 1.40. The predicted octanol–water partition coefficient (Wildman–Crippen LogP) is 2.76. The fraction of sp³-hybridized carbons (Fsp3) is 0.444. The van der Waals surface area contributed by atoms with Gasteiger partial charge in [0.05, 0.1) is 7.11 Å². The average Bonchev–Trinajstić information content (AvgIpc) is 3.15. The first-order chi connectivity index (χ1) is 12.6. The smallest absolute Gasteiger partial charge is 0.276 e. The number of benzene rings is 1. The van der Waals surface area contributed by atoms with Gasteiger partial charge < -0.3 is 24.0 Å². The molecule has 26 heavy (non-hydrogen) atoms. The number of methoxy groups -OCH3 is 1. The summed E-state index contributed by atoms with van der Waals surface area (Å²) < 4.78 is 16.1. The number of halogens is 1. The zero-order valence-electron chi connectivity index (χ0n) is 14.5. The normalized spacial score (nSPS) is 17.2. The monoisotopic (exact) mass is 380 g/mol. The van der Waals surface area contributed by atoms with E-state index in [9.17, 15) is 9.90 Å². The van der Waals surface area contributed by atoms with Crippen LogP contribution in [0.4, 0.5) is 0 Å². The fourth-order valence-corrected chi connectivity index (χ4v) is 3.11. The molecule has 140 valence electrons. The second-order valence-corrected chi connectivity index (χ2v) is 6.64. The Labute approximate surface area is 156 Å². The molecule has 0 aliphatic carbocycles. The van der Waals surface area contributed by atoms with Gasteiger partial charge in [-0.2, -0.15) is 0 Å². The number of likely N-dealkylation sites (tertiary alicyclic amines) is 1. The second kappa shape index (κ2) is 8.42. The van der Waals surface area contributed by atoms with Gasteiger partial charge in [0.15, 0.2) is 23.0 Å². The zero-order valence-corrected chi connectivity index (χ0v) is 15.2. The quantitative estimate of drug-likeness (QED) is 0.829. The lowest BCUT2D eigenvalue weighted by atomic mass is 9.99. The van der Waals surface area contributed by atoms with E-state index in [1.165, 1.54) is 7.11 Å². The fourth-order valence-electron chi connectivity index (χ4n) is 2.95. The van der Waals surface area contributed by atoms with Crippen molar-refractivity contribution in [1.82, 2.24) is 10.1 Å². The van der Waals surface area contributed by atoms with E-state index in [-0.39, 0.29) is 30.7 Å². The number of nitrogens with zero attached hydrogens (tertiary/aromatic N) is 2. The van der Waals surface area contributed by atoms with Crippen LogP contribution >= 0.6 is 11.6 Å². The Kier molecular flexibility index (Phi) is 6.00. The standard InChI is InChI=1S/C18H21ClN2O5/c1-24-17-7-13(19)4-5-16(17)25-11-14-8-15(20-26-14)18(23)21-6-2-3-12(9-21)10-22/h4-5,7-8,12,22H,2-3,6,9-11H2,1H3. The van der Waals surface area contributed by atoms with Crippen LogP contribution in [0.5, 0.6) is 11.5 Å². The van der Waals surface area contributed by atoms with Crippen LogP contribution < -0.4 is 9.47 Å². The predicted molar refractivity (Wildman–Crippen MR) is 94.6 cm³/mol. The van der Waals surface area contributed by atoms with Crippen molar-refractivity contribution >= 4 is 17.5 Å². The first kappa shape index (κ1) is 18.5. The van der Waals surface area contributed by atoms with Crippen molar-refractivity contribution in [1.29, 1.82) is 0 Å². The molecule has 8 heteroatoms. The molecule has 1 fully saturated rings. The van der Waals surface area contributed by atoms with Crippen molar-refractivity contribution in [2.45, 2.75) is 19.4 Å². The van der Waals surface area contributed by atoms with Gasteiger partial charge in [-0.1, -0.05) is 16.8 Å². The minimum absolute atomic E-state index is 0.0879. The van der Waals surface area contributed by atoms with Crippen LogP contribution in [-0.4, -0.2) is 47.9 Å². The van der Waals surface area contributed by atoms with Crippen molar-refractivity contribution in [2.75, 3.05) is 26.8 Å². The maximum Gasteiger partial charge on any atom is 0.276 e.